The number of hydrogen-bond acceptors (Lipinski definition) is 4. The fraction of sp³-hybridized carbons (Fsp3) is 0.444. The van der Waals surface area contributed by atoms with Crippen molar-refractivity contribution in [3.8, 4) is 0 Å². The van der Waals surface area contributed by atoms with Gasteiger partial charge in [0.25, 0.3) is 10.9 Å². The van der Waals surface area contributed by atoms with Gasteiger partial charge in [-0.3, -0.25) is 9.59 Å². The molecule has 0 radical (unpaired) electrons. The largest absolute Gasteiger partial charge is 0.377 e. The average molecular weight is 298 g/mol. The van der Waals surface area contributed by atoms with E-state index in [2.05, 4.69) is 16.7 Å². The number of anilines is 3. The molecule has 0 amide bonds. The Morgan fingerprint density at radius 3 is 2.09 bits per heavy atom. The Kier molecular flexibility index (Phi) is 4.01. The van der Waals surface area contributed by atoms with Crippen molar-refractivity contribution < 1.29 is 0 Å². The van der Waals surface area contributed by atoms with Crippen molar-refractivity contribution in [3.63, 3.8) is 0 Å². The summed E-state index contributed by atoms with van der Waals surface area (Å²) in [5.74, 6) is 0. The topological polar surface area (TPSA) is 58.2 Å². The smallest absolute Gasteiger partial charge is 0.253 e. The second kappa shape index (κ2) is 5.95. The van der Waals surface area contributed by atoms with Crippen LogP contribution in [0.25, 0.3) is 0 Å². The summed E-state index contributed by atoms with van der Waals surface area (Å²) in [5.41, 5.74) is 3.19. The molecule has 22 heavy (non-hydrogen) atoms. The van der Waals surface area contributed by atoms with Crippen LogP contribution in [0.1, 0.15) is 43.2 Å². The third-order valence-electron chi connectivity index (χ3n) is 4.36. The molecule has 0 unspecified atom stereocenters. The lowest BCUT2D eigenvalue weighted by molar-refractivity contribution is 0.462. The fourth-order valence-corrected chi connectivity index (χ4v) is 3.29. The van der Waals surface area contributed by atoms with Crippen molar-refractivity contribution in [2.45, 2.75) is 52.0 Å². The Morgan fingerprint density at radius 2 is 1.45 bits per heavy atom. The molecule has 0 aliphatic heterocycles. The molecule has 0 atom stereocenters. The van der Waals surface area contributed by atoms with Gasteiger partial charge in [0, 0.05) is 11.7 Å². The first-order chi connectivity index (χ1) is 10.5. The molecule has 2 aromatic carbocycles. The number of hydrogen-bond donors (Lipinski definition) is 2. The molecular formula is C18H22N2O2. The van der Waals surface area contributed by atoms with Gasteiger partial charge >= 0.3 is 0 Å². The third-order valence-corrected chi connectivity index (χ3v) is 4.36. The summed E-state index contributed by atoms with van der Waals surface area (Å²) in [6.07, 6.45) is 5.78. The molecule has 4 nitrogen and oxygen atoms in total. The summed E-state index contributed by atoms with van der Waals surface area (Å²) in [6, 6.07) is 6.36. The van der Waals surface area contributed by atoms with Crippen molar-refractivity contribution >= 4 is 17.1 Å². The van der Waals surface area contributed by atoms with E-state index in [0.29, 0.717) is 17.4 Å². The SMILES string of the molecule is Cc1cc(C)cc(Nc2c(NC3CCCCC3)c(=O)c2=O)c1. The second-order valence-electron chi connectivity index (χ2n) is 6.39. The van der Waals surface area contributed by atoms with Crippen molar-refractivity contribution in [2.75, 3.05) is 10.6 Å². The highest BCUT2D eigenvalue weighted by Crippen LogP contribution is 2.26. The molecule has 3 rings (SSSR count). The minimum absolute atomic E-state index is 0.317. The van der Waals surface area contributed by atoms with E-state index in [1.54, 1.807) is 0 Å². The number of aryl methyl sites for hydroxylation is 2. The molecule has 0 heterocycles. The lowest BCUT2D eigenvalue weighted by atomic mass is 9.95. The maximum atomic E-state index is 11.9. The van der Waals surface area contributed by atoms with E-state index in [1.165, 1.54) is 19.3 Å². The van der Waals surface area contributed by atoms with Crippen LogP contribution in [0.3, 0.4) is 0 Å². The Labute approximate surface area is 130 Å². The molecule has 2 N–H and O–H groups in total. The minimum Gasteiger partial charge on any atom is -0.377 e. The molecule has 0 aromatic heterocycles. The summed E-state index contributed by atoms with van der Waals surface area (Å²) >= 11 is 0. The minimum atomic E-state index is -0.419. The molecule has 116 valence electrons. The first-order valence-electron chi connectivity index (χ1n) is 8.00. The summed E-state index contributed by atoms with van der Waals surface area (Å²) < 4.78 is 0. The van der Waals surface area contributed by atoms with E-state index in [9.17, 15) is 9.59 Å². The van der Waals surface area contributed by atoms with Gasteiger partial charge in [-0.25, -0.2) is 0 Å². The molecule has 1 aliphatic rings. The highest BCUT2D eigenvalue weighted by Gasteiger charge is 2.24. The zero-order valence-corrected chi connectivity index (χ0v) is 13.2. The van der Waals surface area contributed by atoms with Crippen LogP contribution >= 0.6 is 0 Å². The molecule has 1 saturated carbocycles. The molecule has 0 saturated heterocycles. The molecule has 0 spiro atoms. The van der Waals surface area contributed by atoms with Gasteiger partial charge in [0.05, 0.1) is 0 Å². The summed E-state index contributed by atoms with van der Waals surface area (Å²) in [5, 5.41) is 6.41. The Hall–Kier alpha value is -2.10. The molecule has 2 aromatic rings. The molecule has 1 aliphatic carbocycles. The third kappa shape index (κ3) is 2.91. The zero-order chi connectivity index (χ0) is 15.7. The summed E-state index contributed by atoms with van der Waals surface area (Å²) in [4.78, 5) is 23.7. The van der Waals surface area contributed by atoms with Crippen LogP contribution in [0.4, 0.5) is 17.1 Å². The van der Waals surface area contributed by atoms with Crippen molar-refractivity contribution in [1.82, 2.24) is 0 Å². The zero-order valence-electron chi connectivity index (χ0n) is 13.2. The van der Waals surface area contributed by atoms with Gasteiger partial charge in [-0.15, -0.1) is 0 Å². The van der Waals surface area contributed by atoms with Gasteiger partial charge in [-0.2, -0.15) is 0 Å². The summed E-state index contributed by atoms with van der Waals surface area (Å²) in [6.45, 7) is 4.03. The van der Waals surface area contributed by atoms with Crippen molar-refractivity contribution in [1.29, 1.82) is 0 Å². The number of nitrogens with one attached hydrogen (secondary N) is 2. The highest BCUT2D eigenvalue weighted by molar-refractivity contribution is 5.79. The van der Waals surface area contributed by atoms with Crippen molar-refractivity contribution in [3.05, 3.63) is 49.8 Å². The average Bonchev–Trinajstić information content (AvgIpc) is 2.50. The van der Waals surface area contributed by atoms with Crippen LogP contribution in [0.15, 0.2) is 27.8 Å². The maximum Gasteiger partial charge on any atom is 0.253 e. The lowest BCUT2D eigenvalue weighted by Crippen LogP contribution is -2.39. The second-order valence-corrected chi connectivity index (χ2v) is 6.39. The molecular weight excluding hydrogens is 276 g/mol. The van der Waals surface area contributed by atoms with Crippen LogP contribution in [0.2, 0.25) is 0 Å². The Bertz CT molecular complexity index is 731. The summed E-state index contributed by atoms with van der Waals surface area (Å²) in [7, 11) is 0. The van der Waals surface area contributed by atoms with Crippen molar-refractivity contribution in [2.24, 2.45) is 0 Å². The normalized spacial score (nSPS) is 15.9. The van der Waals surface area contributed by atoms with E-state index in [0.717, 1.165) is 29.7 Å². The molecule has 1 fully saturated rings. The van der Waals surface area contributed by atoms with Gasteiger partial charge < -0.3 is 10.6 Å². The Balaban J connectivity index is 1.80. The first kappa shape index (κ1) is 14.8. The van der Waals surface area contributed by atoms with Gasteiger partial charge in [-0.05, 0) is 49.9 Å². The highest BCUT2D eigenvalue weighted by atomic mass is 16.2. The van der Waals surface area contributed by atoms with Crippen LogP contribution in [0.5, 0.6) is 0 Å². The Morgan fingerprint density at radius 1 is 0.864 bits per heavy atom. The number of rotatable bonds is 4. The predicted octanol–water partition coefficient (Wildman–Crippen LogP) is 3.39. The van der Waals surface area contributed by atoms with Crippen LogP contribution in [0, 0.1) is 13.8 Å². The van der Waals surface area contributed by atoms with E-state index in [1.807, 2.05) is 26.0 Å². The lowest BCUT2D eigenvalue weighted by Gasteiger charge is -2.25. The fourth-order valence-electron chi connectivity index (χ4n) is 3.29. The maximum absolute atomic E-state index is 11.9. The van der Waals surface area contributed by atoms with Crippen LogP contribution < -0.4 is 21.5 Å². The standard InChI is InChI=1S/C18H22N2O2/c1-11-8-12(2)10-14(9-11)20-16-15(17(21)18(16)22)19-13-6-4-3-5-7-13/h8-10,13,19-20H,3-7H2,1-2H3. The van der Waals surface area contributed by atoms with Gasteiger partial charge in [0.2, 0.25) is 0 Å². The quantitative estimate of drug-likeness (QED) is 0.850. The predicted molar refractivity (Wildman–Crippen MR) is 91.0 cm³/mol. The van der Waals surface area contributed by atoms with E-state index in [-0.39, 0.29) is 0 Å². The van der Waals surface area contributed by atoms with Gasteiger partial charge in [0.15, 0.2) is 0 Å². The van der Waals surface area contributed by atoms with Gasteiger partial charge in [0.1, 0.15) is 11.4 Å². The van der Waals surface area contributed by atoms with E-state index >= 15 is 0 Å². The van der Waals surface area contributed by atoms with Crippen LogP contribution in [-0.2, 0) is 0 Å². The van der Waals surface area contributed by atoms with Gasteiger partial charge in [-0.1, -0.05) is 25.3 Å². The van der Waals surface area contributed by atoms with E-state index in [4.69, 9.17) is 0 Å². The van der Waals surface area contributed by atoms with E-state index < -0.39 is 10.9 Å². The molecule has 0 bridgehead atoms. The van der Waals surface area contributed by atoms with Crippen LogP contribution in [-0.4, -0.2) is 6.04 Å². The first-order valence-corrected chi connectivity index (χ1v) is 8.00. The molecule has 4 heteroatoms. The monoisotopic (exact) mass is 298 g/mol. The number of benzene rings is 1.